The molecule has 1 aromatic carbocycles. The highest BCUT2D eigenvalue weighted by Crippen LogP contribution is 2.15. The molecule has 1 heterocycles. The van der Waals surface area contributed by atoms with Crippen molar-refractivity contribution in [3.05, 3.63) is 47.3 Å². The summed E-state index contributed by atoms with van der Waals surface area (Å²) in [5, 5.41) is 7.14. The Kier molecular flexibility index (Phi) is 5.88. The maximum atomic E-state index is 13.0. The smallest absolute Gasteiger partial charge is 0.126 e. The zero-order valence-electron chi connectivity index (χ0n) is 10.9. The third-order valence-electron chi connectivity index (χ3n) is 2.67. The molecular weight excluding hydrogens is 291 g/mol. The molecule has 1 aromatic heterocycles. The fourth-order valence-corrected chi connectivity index (χ4v) is 1.80. The first-order valence-corrected chi connectivity index (χ1v) is 5.87. The van der Waals surface area contributed by atoms with Gasteiger partial charge in [-0.15, -0.1) is 12.4 Å². The van der Waals surface area contributed by atoms with Gasteiger partial charge in [0, 0.05) is 18.8 Å². The van der Waals surface area contributed by atoms with Crippen molar-refractivity contribution in [3.8, 4) is 0 Å². The summed E-state index contributed by atoms with van der Waals surface area (Å²) in [6, 6.07) is 3.35. The van der Waals surface area contributed by atoms with E-state index in [0.29, 0.717) is 11.3 Å². The molecule has 0 aliphatic rings. The number of alkyl halides is 1. The molecule has 20 heavy (non-hydrogen) atoms. The van der Waals surface area contributed by atoms with Crippen LogP contribution in [0.25, 0.3) is 0 Å². The lowest BCUT2D eigenvalue weighted by Gasteiger charge is -2.05. The van der Waals surface area contributed by atoms with Gasteiger partial charge >= 0.3 is 0 Å². The minimum atomic E-state index is -0.610. The molecule has 2 aromatic rings. The highest BCUT2D eigenvalue weighted by Gasteiger charge is 2.05. The lowest BCUT2D eigenvalue weighted by Crippen LogP contribution is -2.01. The summed E-state index contributed by atoms with van der Waals surface area (Å²) in [7, 11) is 0. The van der Waals surface area contributed by atoms with Crippen LogP contribution in [0.4, 0.5) is 18.9 Å². The monoisotopic (exact) mass is 305 g/mol. The Morgan fingerprint density at radius 3 is 2.45 bits per heavy atom. The van der Waals surface area contributed by atoms with Crippen molar-refractivity contribution in [2.45, 2.75) is 20.0 Å². The summed E-state index contributed by atoms with van der Waals surface area (Å²) >= 11 is 0. The average Bonchev–Trinajstić information content (AvgIpc) is 2.66. The van der Waals surface area contributed by atoms with Gasteiger partial charge in [0.15, 0.2) is 0 Å². The molecule has 0 aliphatic heterocycles. The Morgan fingerprint density at radius 1 is 1.20 bits per heavy atom. The maximum Gasteiger partial charge on any atom is 0.126 e. The molecule has 3 nitrogen and oxygen atoms in total. The summed E-state index contributed by atoms with van der Waals surface area (Å²) in [6.45, 7) is 1.76. The van der Waals surface area contributed by atoms with Gasteiger partial charge < -0.3 is 5.32 Å². The fourth-order valence-electron chi connectivity index (χ4n) is 1.80. The average molecular weight is 306 g/mol. The number of rotatable bonds is 5. The van der Waals surface area contributed by atoms with Gasteiger partial charge in [0.2, 0.25) is 0 Å². The molecular formula is C13H15ClF3N3. The summed E-state index contributed by atoms with van der Waals surface area (Å²) in [5.41, 5.74) is 1.93. The Hall–Kier alpha value is -1.69. The van der Waals surface area contributed by atoms with Crippen LogP contribution in [0.5, 0.6) is 0 Å². The normalized spacial score (nSPS) is 10.2. The highest BCUT2D eigenvalue weighted by molar-refractivity contribution is 5.85. The van der Waals surface area contributed by atoms with Crippen LogP contribution in [0.1, 0.15) is 11.3 Å². The van der Waals surface area contributed by atoms with Crippen LogP contribution >= 0.6 is 12.4 Å². The summed E-state index contributed by atoms with van der Waals surface area (Å²) in [6.07, 6.45) is 1.67. The molecule has 110 valence electrons. The van der Waals surface area contributed by atoms with Gasteiger partial charge in [-0.3, -0.25) is 4.68 Å². The van der Waals surface area contributed by atoms with Crippen LogP contribution < -0.4 is 5.32 Å². The minimum absolute atomic E-state index is 0. The van der Waals surface area contributed by atoms with E-state index in [0.717, 1.165) is 11.8 Å². The van der Waals surface area contributed by atoms with Gasteiger partial charge in [-0.05, 0) is 24.6 Å². The van der Waals surface area contributed by atoms with Crippen molar-refractivity contribution in [1.82, 2.24) is 9.78 Å². The van der Waals surface area contributed by atoms with E-state index in [9.17, 15) is 13.2 Å². The predicted molar refractivity (Wildman–Crippen MR) is 73.9 cm³/mol. The van der Waals surface area contributed by atoms with Crippen LogP contribution in [0.2, 0.25) is 0 Å². The number of halogens is 4. The molecule has 0 amide bonds. The first-order valence-electron chi connectivity index (χ1n) is 5.87. The highest BCUT2D eigenvalue weighted by atomic mass is 35.5. The minimum Gasteiger partial charge on any atom is -0.378 e. The number of nitrogens with one attached hydrogen (secondary N) is 1. The van der Waals surface area contributed by atoms with Crippen molar-refractivity contribution in [1.29, 1.82) is 0 Å². The van der Waals surface area contributed by atoms with E-state index in [2.05, 4.69) is 10.4 Å². The standard InChI is InChI=1S/C13H14F3N3.ClH/c1-9-13(8-19(18-9)3-2-14)17-7-10-4-11(15)6-12(16)5-10;/h4-6,8,17H,2-3,7H2,1H3;1H. The predicted octanol–water partition coefficient (Wildman–Crippen LogP) is 3.47. The fraction of sp³-hybridized carbons (Fsp3) is 0.308. The number of anilines is 1. The van der Waals surface area contributed by atoms with E-state index in [4.69, 9.17) is 0 Å². The van der Waals surface area contributed by atoms with E-state index in [-0.39, 0.29) is 25.5 Å². The largest absolute Gasteiger partial charge is 0.378 e. The number of hydrogen-bond acceptors (Lipinski definition) is 2. The Morgan fingerprint density at radius 2 is 1.85 bits per heavy atom. The second kappa shape index (κ2) is 7.19. The van der Waals surface area contributed by atoms with Gasteiger partial charge in [0.25, 0.3) is 0 Å². The Balaban J connectivity index is 0.00000200. The van der Waals surface area contributed by atoms with Crippen LogP contribution in [0.15, 0.2) is 24.4 Å². The second-order valence-corrected chi connectivity index (χ2v) is 4.21. The van der Waals surface area contributed by atoms with Crippen molar-refractivity contribution >= 4 is 18.1 Å². The topological polar surface area (TPSA) is 29.9 Å². The van der Waals surface area contributed by atoms with E-state index < -0.39 is 18.3 Å². The Bertz CT molecular complexity index is 552. The Labute approximate surface area is 121 Å². The molecule has 0 unspecified atom stereocenters. The van der Waals surface area contributed by atoms with E-state index in [1.54, 1.807) is 13.1 Å². The van der Waals surface area contributed by atoms with Crippen molar-refractivity contribution in [3.63, 3.8) is 0 Å². The third-order valence-corrected chi connectivity index (χ3v) is 2.67. The number of hydrogen-bond donors (Lipinski definition) is 1. The van der Waals surface area contributed by atoms with Gasteiger partial charge in [-0.25, -0.2) is 13.2 Å². The lowest BCUT2D eigenvalue weighted by molar-refractivity contribution is 0.426. The first-order chi connectivity index (χ1) is 9.08. The molecule has 0 atom stereocenters. The van der Waals surface area contributed by atoms with Gasteiger partial charge in [-0.2, -0.15) is 5.10 Å². The summed E-state index contributed by atoms with van der Waals surface area (Å²) in [4.78, 5) is 0. The van der Waals surface area contributed by atoms with Crippen LogP contribution in [0, 0.1) is 18.6 Å². The molecule has 0 radical (unpaired) electrons. The van der Waals surface area contributed by atoms with E-state index in [1.165, 1.54) is 16.8 Å². The molecule has 0 saturated heterocycles. The molecule has 0 spiro atoms. The van der Waals surface area contributed by atoms with E-state index in [1.807, 2.05) is 0 Å². The SMILES string of the molecule is Cc1nn(CCF)cc1NCc1cc(F)cc(F)c1.Cl. The first kappa shape index (κ1) is 16.4. The molecule has 2 rings (SSSR count). The van der Waals surface area contributed by atoms with Crippen molar-refractivity contribution in [2.75, 3.05) is 12.0 Å². The summed E-state index contributed by atoms with van der Waals surface area (Å²) < 4.78 is 39.7. The van der Waals surface area contributed by atoms with Gasteiger partial charge in [-0.1, -0.05) is 0 Å². The number of aromatic nitrogens is 2. The van der Waals surface area contributed by atoms with Crippen LogP contribution in [0.3, 0.4) is 0 Å². The molecule has 0 bridgehead atoms. The number of benzene rings is 1. The summed E-state index contributed by atoms with van der Waals surface area (Å²) in [5.74, 6) is -1.22. The van der Waals surface area contributed by atoms with Crippen LogP contribution in [-0.2, 0) is 13.1 Å². The molecule has 0 saturated carbocycles. The molecule has 1 N–H and O–H groups in total. The molecule has 7 heteroatoms. The van der Waals surface area contributed by atoms with Crippen LogP contribution in [-0.4, -0.2) is 16.5 Å². The zero-order chi connectivity index (χ0) is 13.8. The molecule has 0 aliphatic carbocycles. The van der Waals surface area contributed by atoms with Crippen molar-refractivity contribution < 1.29 is 13.2 Å². The second-order valence-electron chi connectivity index (χ2n) is 4.21. The number of aryl methyl sites for hydroxylation is 2. The maximum absolute atomic E-state index is 13.0. The zero-order valence-corrected chi connectivity index (χ0v) is 11.7. The molecule has 0 fully saturated rings. The van der Waals surface area contributed by atoms with Gasteiger partial charge in [0.1, 0.15) is 18.3 Å². The van der Waals surface area contributed by atoms with Gasteiger partial charge in [0.05, 0.1) is 17.9 Å². The van der Waals surface area contributed by atoms with E-state index >= 15 is 0 Å². The third kappa shape index (κ3) is 4.16. The van der Waals surface area contributed by atoms with Crippen molar-refractivity contribution in [2.24, 2.45) is 0 Å². The quantitative estimate of drug-likeness (QED) is 0.916. The number of nitrogens with zero attached hydrogens (tertiary/aromatic N) is 2. The lowest BCUT2D eigenvalue weighted by atomic mass is 10.2.